The number of carbonyl (C=O) groups excluding carboxylic acids is 1. The fraction of sp³-hybridized carbons (Fsp3) is 0.478. The molecule has 8 nitrogen and oxygen atoms in total. The third-order valence-corrected chi connectivity index (χ3v) is 8.32. The van der Waals surface area contributed by atoms with Crippen LogP contribution in [-0.4, -0.2) is 62.3 Å². The molecule has 1 saturated heterocycles. The lowest BCUT2D eigenvalue weighted by Crippen LogP contribution is -2.43. The largest absolute Gasteiger partial charge is 0.415 e. The van der Waals surface area contributed by atoms with Crippen molar-refractivity contribution in [3.05, 3.63) is 34.6 Å². The SMILES string of the molecule is C[C@H](NSc1ccc(-c2sc(-c3nnc(C(C)(C)O)o3)nc2C(=O)N2CCC(F)(F)CC2)c(Cl)c1F)C(F)(F)F. The maximum Gasteiger partial charge on any atom is 0.404 e. The van der Waals surface area contributed by atoms with Crippen LogP contribution in [0.3, 0.4) is 0 Å². The molecule has 2 aromatic heterocycles. The first-order chi connectivity index (χ1) is 18.5. The highest BCUT2D eigenvalue weighted by Gasteiger charge is 2.38. The number of hydrogen-bond acceptors (Lipinski definition) is 9. The lowest BCUT2D eigenvalue weighted by Gasteiger charge is -2.31. The molecule has 17 heteroatoms. The Bertz CT molecular complexity index is 1400. The average Bonchev–Trinajstić information content (AvgIpc) is 3.51. The van der Waals surface area contributed by atoms with Crippen molar-refractivity contribution in [2.45, 2.75) is 62.3 Å². The van der Waals surface area contributed by atoms with Gasteiger partial charge in [-0.1, -0.05) is 17.7 Å². The van der Waals surface area contributed by atoms with Crippen LogP contribution in [0.2, 0.25) is 5.02 Å². The number of likely N-dealkylation sites (tertiary alicyclic amines) is 1. The molecule has 40 heavy (non-hydrogen) atoms. The number of aliphatic hydroxyl groups is 1. The van der Waals surface area contributed by atoms with E-state index in [0.29, 0.717) is 11.9 Å². The van der Waals surface area contributed by atoms with Crippen LogP contribution in [0.15, 0.2) is 21.4 Å². The second-order valence-corrected chi connectivity index (χ2v) is 11.8. The number of thiazole rings is 1. The first-order valence-electron chi connectivity index (χ1n) is 11.7. The van der Waals surface area contributed by atoms with Gasteiger partial charge in [-0.25, -0.2) is 22.9 Å². The van der Waals surface area contributed by atoms with Crippen LogP contribution in [0.5, 0.6) is 0 Å². The maximum atomic E-state index is 15.2. The van der Waals surface area contributed by atoms with E-state index in [1.165, 1.54) is 30.9 Å². The molecule has 1 atom stereocenters. The normalized spacial score (nSPS) is 16.8. The molecule has 3 heterocycles. The summed E-state index contributed by atoms with van der Waals surface area (Å²) in [6.45, 7) is 3.19. The number of alkyl halides is 5. The topological polar surface area (TPSA) is 104 Å². The van der Waals surface area contributed by atoms with Gasteiger partial charge in [-0.3, -0.25) is 4.79 Å². The zero-order valence-corrected chi connectivity index (χ0v) is 23.5. The Morgan fingerprint density at radius 2 is 1.90 bits per heavy atom. The fourth-order valence-corrected chi connectivity index (χ4v) is 5.63. The van der Waals surface area contributed by atoms with Crippen LogP contribution in [-0.2, 0) is 5.60 Å². The van der Waals surface area contributed by atoms with Gasteiger partial charge in [-0.05, 0) is 38.8 Å². The van der Waals surface area contributed by atoms with Gasteiger partial charge in [0.2, 0.25) is 5.89 Å². The monoisotopic (exact) mass is 629 g/mol. The van der Waals surface area contributed by atoms with Crippen molar-refractivity contribution in [1.29, 1.82) is 0 Å². The Balaban J connectivity index is 1.73. The first-order valence-corrected chi connectivity index (χ1v) is 13.7. The summed E-state index contributed by atoms with van der Waals surface area (Å²) in [5.74, 6) is -4.98. The average molecular weight is 630 g/mol. The fourth-order valence-electron chi connectivity index (χ4n) is 3.49. The Morgan fingerprint density at radius 1 is 1.25 bits per heavy atom. The highest BCUT2D eigenvalue weighted by Crippen LogP contribution is 2.42. The summed E-state index contributed by atoms with van der Waals surface area (Å²) < 4.78 is 88.7. The van der Waals surface area contributed by atoms with Crippen LogP contribution in [0.4, 0.5) is 26.3 Å². The molecular weight excluding hydrogens is 608 g/mol. The van der Waals surface area contributed by atoms with Gasteiger partial charge in [0, 0.05) is 31.5 Å². The van der Waals surface area contributed by atoms with Gasteiger partial charge < -0.3 is 14.4 Å². The standard InChI is InChI=1S/C23H22ClF6N5O3S2/c1-10(23(28,29)30)34-40-12-5-4-11(13(24)14(12)25)16-15(19(36)35-8-6-22(26,27)7-9-35)31-18(39-16)17-32-33-20(38-17)21(2,3)37/h4-5,10,34,37H,6-9H2,1-3H3/t10-/m0/s1. The molecule has 1 fully saturated rings. The number of halogens is 7. The van der Waals surface area contributed by atoms with Gasteiger partial charge in [-0.2, -0.15) is 13.2 Å². The van der Waals surface area contributed by atoms with Crippen LogP contribution in [0.1, 0.15) is 50.0 Å². The van der Waals surface area contributed by atoms with Gasteiger partial charge in [0.1, 0.15) is 17.3 Å². The van der Waals surface area contributed by atoms with Crippen molar-refractivity contribution in [3.63, 3.8) is 0 Å². The lowest BCUT2D eigenvalue weighted by molar-refractivity contribution is -0.146. The molecule has 0 bridgehead atoms. The highest BCUT2D eigenvalue weighted by molar-refractivity contribution is 7.97. The minimum atomic E-state index is -4.56. The van der Waals surface area contributed by atoms with Crippen LogP contribution in [0, 0.1) is 5.82 Å². The second-order valence-electron chi connectivity index (χ2n) is 9.54. The Kier molecular flexibility index (Phi) is 8.49. The van der Waals surface area contributed by atoms with Crippen molar-refractivity contribution >= 4 is 40.8 Å². The number of rotatable bonds is 7. The molecule has 218 valence electrons. The minimum absolute atomic E-state index is 0.0101. The van der Waals surface area contributed by atoms with Gasteiger partial charge in [-0.15, -0.1) is 21.5 Å². The molecule has 3 aromatic rings. The maximum absolute atomic E-state index is 15.2. The molecular formula is C23H22ClF6N5O3S2. The first kappa shape index (κ1) is 30.6. The second kappa shape index (κ2) is 11.1. The number of piperidine rings is 1. The van der Waals surface area contributed by atoms with Crippen LogP contribution < -0.4 is 4.72 Å². The third kappa shape index (κ3) is 6.56. The van der Waals surface area contributed by atoms with E-state index in [1.807, 2.05) is 0 Å². The molecule has 4 rings (SSSR count). The molecule has 0 radical (unpaired) electrons. The molecule has 0 saturated carbocycles. The minimum Gasteiger partial charge on any atom is -0.415 e. The van der Waals surface area contributed by atoms with Gasteiger partial charge in [0.15, 0.2) is 10.8 Å². The molecule has 0 unspecified atom stereocenters. The smallest absolute Gasteiger partial charge is 0.404 e. The Labute approximate surface area is 237 Å². The van der Waals surface area contributed by atoms with E-state index in [2.05, 4.69) is 19.9 Å². The van der Waals surface area contributed by atoms with Crippen LogP contribution in [0.25, 0.3) is 21.3 Å². The zero-order valence-electron chi connectivity index (χ0n) is 21.1. The number of nitrogens with zero attached hydrogens (tertiary/aromatic N) is 4. The van der Waals surface area contributed by atoms with E-state index in [9.17, 15) is 31.9 Å². The van der Waals surface area contributed by atoms with Crippen LogP contribution >= 0.6 is 34.9 Å². The van der Waals surface area contributed by atoms with Crippen molar-refractivity contribution in [3.8, 4) is 21.3 Å². The van der Waals surface area contributed by atoms with Crippen molar-refractivity contribution in [1.82, 2.24) is 24.8 Å². The predicted octanol–water partition coefficient (Wildman–Crippen LogP) is 6.30. The number of carbonyl (C=O) groups is 1. The Morgan fingerprint density at radius 3 is 2.48 bits per heavy atom. The summed E-state index contributed by atoms with van der Waals surface area (Å²) >= 11 is 7.51. The zero-order chi connectivity index (χ0) is 29.6. The van der Waals surface area contributed by atoms with E-state index in [1.54, 1.807) is 0 Å². The summed E-state index contributed by atoms with van der Waals surface area (Å²) in [6, 6.07) is 0.553. The third-order valence-electron chi connectivity index (χ3n) is 5.87. The van der Waals surface area contributed by atoms with E-state index in [4.69, 9.17) is 16.0 Å². The number of benzene rings is 1. The number of aromatic nitrogens is 3. The summed E-state index contributed by atoms with van der Waals surface area (Å²) in [5.41, 5.74) is -1.73. The van der Waals surface area contributed by atoms with Gasteiger partial charge in [0.05, 0.1) is 14.8 Å². The molecule has 1 aliphatic heterocycles. The van der Waals surface area contributed by atoms with Gasteiger partial charge in [0.25, 0.3) is 17.7 Å². The highest BCUT2D eigenvalue weighted by atomic mass is 35.5. The van der Waals surface area contributed by atoms with Gasteiger partial charge >= 0.3 is 6.18 Å². The quantitative estimate of drug-likeness (QED) is 0.232. The van der Waals surface area contributed by atoms with E-state index >= 15 is 4.39 Å². The van der Waals surface area contributed by atoms with Crippen molar-refractivity contribution in [2.24, 2.45) is 0 Å². The molecule has 0 spiro atoms. The van der Waals surface area contributed by atoms with E-state index < -0.39 is 53.3 Å². The Hall–Kier alpha value is -2.40. The van der Waals surface area contributed by atoms with E-state index in [0.717, 1.165) is 18.3 Å². The number of hydrogen-bond donors (Lipinski definition) is 2. The lowest BCUT2D eigenvalue weighted by atomic mass is 10.1. The van der Waals surface area contributed by atoms with E-state index in [-0.39, 0.29) is 50.9 Å². The molecule has 1 aromatic carbocycles. The molecule has 1 amide bonds. The summed E-state index contributed by atoms with van der Waals surface area (Å²) in [4.78, 5) is 18.7. The van der Waals surface area contributed by atoms with Crippen molar-refractivity contribution in [2.75, 3.05) is 13.1 Å². The molecule has 2 N–H and O–H groups in total. The predicted molar refractivity (Wildman–Crippen MR) is 136 cm³/mol. The van der Waals surface area contributed by atoms with Crippen molar-refractivity contribution < 1.29 is 40.7 Å². The number of amides is 1. The molecule has 0 aliphatic carbocycles. The molecule has 1 aliphatic rings. The number of nitrogens with one attached hydrogen (secondary N) is 1. The summed E-state index contributed by atoms with van der Waals surface area (Å²) in [7, 11) is 0. The summed E-state index contributed by atoms with van der Waals surface area (Å²) in [6.07, 6.45) is -5.65. The summed E-state index contributed by atoms with van der Waals surface area (Å²) in [5, 5.41) is 17.3.